The van der Waals surface area contributed by atoms with Crippen molar-refractivity contribution in [2.24, 2.45) is 11.8 Å². The summed E-state index contributed by atoms with van der Waals surface area (Å²) >= 11 is 0. The average Bonchev–Trinajstić information content (AvgIpc) is 2.72. The van der Waals surface area contributed by atoms with Crippen LogP contribution in [-0.2, 0) is 0 Å². The zero-order valence-corrected chi connectivity index (χ0v) is 9.95. The monoisotopic (exact) mass is 219 g/mol. The van der Waals surface area contributed by atoms with Crippen LogP contribution in [0.2, 0.25) is 0 Å². The minimum atomic E-state index is 0.590. The number of hydrogen-bond acceptors (Lipinski definition) is 3. The number of hydrazine groups is 1. The van der Waals surface area contributed by atoms with Crippen LogP contribution in [0.1, 0.15) is 13.3 Å². The van der Waals surface area contributed by atoms with Crippen molar-refractivity contribution in [1.29, 1.82) is 0 Å². The number of nitrogens with zero attached hydrogens (tertiary/aromatic N) is 1. The minimum Gasteiger partial charge on any atom is -0.312 e. The maximum Gasteiger partial charge on any atom is 0.0502 e. The van der Waals surface area contributed by atoms with Crippen LogP contribution in [0.25, 0.3) is 0 Å². The summed E-state index contributed by atoms with van der Waals surface area (Å²) in [7, 11) is 0. The summed E-state index contributed by atoms with van der Waals surface area (Å²) in [5.41, 5.74) is 5.14. The van der Waals surface area contributed by atoms with Gasteiger partial charge in [-0.1, -0.05) is 30.7 Å². The van der Waals surface area contributed by atoms with Gasteiger partial charge in [0.25, 0.3) is 0 Å². The van der Waals surface area contributed by atoms with Crippen LogP contribution in [0.5, 0.6) is 0 Å². The van der Waals surface area contributed by atoms with Gasteiger partial charge in [-0.2, -0.15) is 0 Å². The molecule has 0 radical (unpaired) electrons. The van der Waals surface area contributed by atoms with Crippen molar-refractivity contribution in [3.05, 3.63) is 23.8 Å². The summed E-state index contributed by atoms with van der Waals surface area (Å²) in [6.07, 6.45) is 8.38. The quantitative estimate of drug-likeness (QED) is 0.642. The van der Waals surface area contributed by atoms with E-state index in [1.165, 1.54) is 6.42 Å². The first-order valence-electron chi connectivity index (χ1n) is 6.43. The van der Waals surface area contributed by atoms with Gasteiger partial charge in [0.2, 0.25) is 0 Å². The smallest absolute Gasteiger partial charge is 0.0502 e. The normalized spacial score (nSPS) is 39.6. The van der Waals surface area contributed by atoms with Gasteiger partial charge in [0, 0.05) is 32.1 Å². The maximum atomic E-state index is 3.53. The summed E-state index contributed by atoms with van der Waals surface area (Å²) in [6.45, 7) is 6.77. The van der Waals surface area contributed by atoms with E-state index in [0.29, 0.717) is 17.9 Å². The van der Waals surface area contributed by atoms with E-state index < -0.39 is 0 Å². The van der Waals surface area contributed by atoms with Crippen LogP contribution in [-0.4, -0.2) is 37.2 Å². The molecule has 1 fully saturated rings. The predicted octanol–water partition coefficient (Wildman–Crippen LogP) is 0.917. The molecular weight excluding hydrogens is 198 g/mol. The Morgan fingerprint density at radius 1 is 1.38 bits per heavy atom. The lowest BCUT2D eigenvalue weighted by Crippen LogP contribution is -2.40. The van der Waals surface area contributed by atoms with Crippen molar-refractivity contribution in [3.8, 4) is 0 Å². The van der Waals surface area contributed by atoms with Gasteiger partial charge in [-0.05, 0) is 12.3 Å². The van der Waals surface area contributed by atoms with E-state index in [0.717, 1.165) is 26.2 Å². The van der Waals surface area contributed by atoms with Crippen LogP contribution in [0.3, 0.4) is 0 Å². The Kier molecular flexibility index (Phi) is 2.84. The van der Waals surface area contributed by atoms with Gasteiger partial charge in [0.1, 0.15) is 0 Å². The van der Waals surface area contributed by atoms with E-state index in [9.17, 15) is 0 Å². The summed E-state index contributed by atoms with van der Waals surface area (Å²) in [5, 5.41) is 5.93. The van der Waals surface area contributed by atoms with Crippen molar-refractivity contribution in [1.82, 2.24) is 15.8 Å². The van der Waals surface area contributed by atoms with Crippen molar-refractivity contribution >= 4 is 0 Å². The molecule has 0 aromatic rings. The molecule has 3 atom stereocenters. The highest BCUT2D eigenvalue weighted by molar-refractivity contribution is 5.21. The van der Waals surface area contributed by atoms with Gasteiger partial charge in [-0.3, -0.25) is 5.43 Å². The molecule has 16 heavy (non-hydrogen) atoms. The molecule has 88 valence electrons. The van der Waals surface area contributed by atoms with Crippen LogP contribution in [0.15, 0.2) is 23.8 Å². The second-order valence-corrected chi connectivity index (χ2v) is 5.22. The molecule has 3 aliphatic heterocycles. The highest BCUT2D eigenvalue weighted by Crippen LogP contribution is 2.28. The largest absolute Gasteiger partial charge is 0.312 e. The predicted molar refractivity (Wildman–Crippen MR) is 65.9 cm³/mol. The van der Waals surface area contributed by atoms with Gasteiger partial charge in [-0.25, -0.2) is 5.01 Å². The molecule has 3 heteroatoms. The lowest BCUT2D eigenvalue weighted by atomic mass is 9.87. The van der Waals surface area contributed by atoms with E-state index in [1.54, 1.807) is 5.57 Å². The first-order chi connectivity index (χ1) is 7.84. The summed E-state index contributed by atoms with van der Waals surface area (Å²) in [6, 6.07) is 0.590. The second-order valence-electron chi connectivity index (χ2n) is 5.22. The first-order valence-corrected chi connectivity index (χ1v) is 6.43. The first kappa shape index (κ1) is 10.5. The zero-order chi connectivity index (χ0) is 11.0. The molecule has 3 aliphatic rings. The molecule has 0 aliphatic carbocycles. The van der Waals surface area contributed by atoms with Crippen LogP contribution < -0.4 is 10.7 Å². The van der Waals surface area contributed by atoms with Gasteiger partial charge < -0.3 is 5.32 Å². The van der Waals surface area contributed by atoms with E-state index >= 15 is 0 Å². The highest BCUT2D eigenvalue weighted by atomic mass is 15.5. The summed E-state index contributed by atoms with van der Waals surface area (Å²) in [4.78, 5) is 0. The van der Waals surface area contributed by atoms with Crippen molar-refractivity contribution in [2.45, 2.75) is 19.4 Å². The molecule has 3 heterocycles. The Labute approximate surface area is 97.6 Å². The van der Waals surface area contributed by atoms with Crippen LogP contribution in [0.4, 0.5) is 0 Å². The molecule has 3 rings (SSSR count). The topological polar surface area (TPSA) is 27.3 Å². The Bertz CT molecular complexity index is 321. The Balaban J connectivity index is 1.79. The van der Waals surface area contributed by atoms with Crippen molar-refractivity contribution < 1.29 is 0 Å². The number of fused-ring (bicyclic) bond motifs is 1. The molecule has 0 bridgehead atoms. The lowest BCUT2D eigenvalue weighted by Gasteiger charge is -2.30. The SMILES string of the molecule is C[C@@H]1C=C(C2CNN3CCC=CC23)CNC1. The number of nitrogens with one attached hydrogen (secondary N) is 2. The maximum absolute atomic E-state index is 3.53. The fraction of sp³-hybridized carbons (Fsp3) is 0.692. The molecule has 1 saturated heterocycles. The van der Waals surface area contributed by atoms with Crippen LogP contribution in [0, 0.1) is 11.8 Å². The molecule has 0 saturated carbocycles. The van der Waals surface area contributed by atoms with E-state index in [1.807, 2.05) is 0 Å². The fourth-order valence-corrected chi connectivity index (χ4v) is 3.11. The Morgan fingerprint density at radius 3 is 3.19 bits per heavy atom. The molecule has 0 aromatic heterocycles. The number of rotatable bonds is 1. The fourth-order valence-electron chi connectivity index (χ4n) is 3.11. The Hall–Kier alpha value is -0.640. The Morgan fingerprint density at radius 2 is 2.31 bits per heavy atom. The third-order valence-corrected chi connectivity index (χ3v) is 3.93. The second kappa shape index (κ2) is 4.32. The van der Waals surface area contributed by atoms with Gasteiger partial charge in [0.15, 0.2) is 0 Å². The summed E-state index contributed by atoms with van der Waals surface area (Å²) in [5.74, 6) is 1.36. The molecular formula is C13H21N3. The third-order valence-electron chi connectivity index (χ3n) is 3.93. The van der Waals surface area contributed by atoms with Crippen molar-refractivity contribution in [3.63, 3.8) is 0 Å². The summed E-state index contributed by atoms with van der Waals surface area (Å²) < 4.78 is 0. The molecule has 0 aromatic carbocycles. The molecule has 2 unspecified atom stereocenters. The minimum absolute atomic E-state index is 0.590. The van der Waals surface area contributed by atoms with Gasteiger partial charge >= 0.3 is 0 Å². The number of hydrogen-bond donors (Lipinski definition) is 2. The van der Waals surface area contributed by atoms with Crippen molar-refractivity contribution in [2.75, 3.05) is 26.2 Å². The zero-order valence-electron chi connectivity index (χ0n) is 9.95. The van der Waals surface area contributed by atoms with E-state index in [-0.39, 0.29) is 0 Å². The molecule has 0 amide bonds. The molecule has 3 nitrogen and oxygen atoms in total. The molecule has 0 spiro atoms. The average molecular weight is 219 g/mol. The van der Waals surface area contributed by atoms with Crippen LogP contribution >= 0.6 is 0 Å². The molecule has 2 N–H and O–H groups in total. The van der Waals surface area contributed by atoms with E-state index in [2.05, 4.69) is 40.9 Å². The van der Waals surface area contributed by atoms with Gasteiger partial charge in [-0.15, -0.1) is 0 Å². The highest BCUT2D eigenvalue weighted by Gasteiger charge is 2.35. The lowest BCUT2D eigenvalue weighted by molar-refractivity contribution is 0.202. The third kappa shape index (κ3) is 1.83. The standard InChI is InChI=1S/C13H21N3/c1-10-6-11(8-14-7-10)12-9-15-16-5-3-2-4-13(12)16/h2,4,6,10,12-15H,3,5,7-9H2,1H3/t10-,12?,13?/m1/s1. The van der Waals surface area contributed by atoms with E-state index in [4.69, 9.17) is 0 Å². The van der Waals surface area contributed by atoms with Gasteiger partial charge in [0.05, 0.1) is 6.04 Å².